The van der Waals surface area contributed by atoms with Crippen LogP contribution in [0.4, 0.5) is 11.5 Å². The lowest BCUT2D eigenvalue weighted by molar-refractivity contribution is 0.0994. The Hall–Kier alpha value is -2.63. The van der Waals surface area contributed by atoms with E-state index in [4.69, 9.17) is 11.5 Å². The lowest BCUT2D eigenvalue weighted by Gasteiger charge is -2.07. The molecular formula is C12H13N5O. The summed E-state index contributed by atoms with van der Waals surface area (Å²) in [5.74, 6) is -0.0374. The molecule has 0 unspecified atom stereocenters. The molecule has 1 aromatic carbocycles. The number of carbonyl (C=O) groups excluding carboxylic acids is 1. The summed E-state index contributed by atoms with van der Waals surface area (Å²) in [6, 6.07) is 10.7. The Bertz CT molecular complexity index is 553. The highest BCUT2D eigenvalue weighted by atomic mass is 16.1. The summed E-state index contributed by atoms with van der Waals surface area (Å²) in [7, 11) is 0. The molecule has 1 amide bonds. The SMILES string of the molecule is NC(=O)c1ccc(NCc2ccccc2N)nn1. The van der Waals surface area contributed by atoms with Gasteiger partial charge in [0, 0.05) is 12.2 Å². The molecule has 0 saturated carbocycles. The molecular weight excluding hydrogens is 230 g/mol. The highest BCUT2D eigenvalue weighted by Crippen LogP contribution is 2.12. The number of amides is 1. The Balaban J connectivity index is 2.02. The summed E-state index contributed by atoms with van der Waals surface area (Å²) >= 11 is 0. The van der Waals surface area contributed by atoms with Crippen molar-refractivity contribution in [3.05, 3.63) is 47.7 Å². The number of para-hydroxylation sites is 1. The van der Waals surface area contributed by atoms with Gasteiger partial charge in [-0.05, 0) is 23.8 Å². The predicted octanol–water partition coefficient (Wildman–Crippen LogP) is 0.770. The summed E-state index contributed by atoms with van der Waals surface area (Å²) in [6.07, 6.45) is 0. The molecule has 18 heavy (non-hydrogen) atoms. The van der Waals surface area contributed by atoms with E-state index in [1.807, 2.05) is 24.3 Å². The molecule has 0 spiro atoms. The minimum Gasteiger partial charge on any atom is -0.398 e. The van der Waals surface area contributed by atoms with Crippen molar-refractivity contribution < 1.29 is 4.79 Å². The van der Waals surface area contributed by atoms with Crippen LogP contribution in [0, 0.1) is 0 Å². The molecule has 0 aliphatic carbocycles. The third-order valence-corrected chi connectivity index (χ3v) is 2.43. The molecule has 2 rings (SSSR count). The third-order valence-electron chi connectivity index (χ3n) is 2.43. The van der Waals surface area contributed by atoms with Crippen LogP contribution in [0.25, 0.3) is 0 Å². The molecule has 0 aliphatic heterocycles. The first kappa shape index (κ1) is 11.8. The average molecular weight is 243 g/mol. The highest BCUT2D eigenvalue weighted by Gasteiger charge is 2.03. The smallest absolute Gasteiger partial charge is 0.269 e. The summed E-state index contributed by atoms with van der Waals surface area (Å²) in [4.78, 5) is 10.8. The van der Waals surface area contributed by atoms with Crippen molar-refractivity contribution in [2.75, 3.05) is 11.1 Å². The van der Waals surface area contributed by atoms with Crippen LogP contribution in [0.3, 0.4) is 0 Å². The second-order valence-corrected chi connectivity index (χ2v) is 3.72. The lowest BCUT2D eigenvalue weighted by Crippen LogP contribution is -2.14. The van der Waals surface area contributed by atoms with Crippen LogP contribution >= 0.6 is 0 Å². The van der Waals surface area contributed by atoms with Gasteiger partial charge in [-0.1, -0.05) is 18.2 Å². The van der Waals surface area contributed by atoms with Crippen molar-refractivity contribution in [1.82, 2.24) is 10.2 Å². The summed E-state index contributed by atoms with van der Waals surface area (Å²) in [6.45, 7) is 0.539. The summed E-state index contributed by atoms with van der Waals surface area (Å²) in [5, 5.41) is 10.6. The van der Waals surface area contributed by atoms with Gasteiger partial charge in [0.1, 0.15) is 5.82 Å². The first-order chi connectivity index (χ1) is 8.66. The molecule has 0 fully saturated rings. The van der Waals surface area contributed by atoms with E-state index in [2.05, 4.69) is 15.5 Å². The molecule has 1 aromatic heterocycles. The van der Waals surface area contributed by atoms with E-state index in [0.29, 0.717) is 18.1 Å². The maximum atomic E-state index is 10.8. The van der Waals surface area contributed by atoms with Gasteiger partial charge in [0.2, 0.25) is 0 Å². The fraction of sp³-hybridized carbons (Fsp3) is 0.0833. The monoisotopic (exact) mass is 243 g/mol. The van der Waals surface area contributed by atoms with Gasteiger partial charge >= 0.3 is 0 Å². The van der Waals surface area contributed by atoms with E-state index >= 15 is 0 Å². The Morgan fingerprint density at radius 3 is 2.56 bits per heavy atom. The number of hydrogen-bond donors (Lipinski definition) is 3. The molecule has 5 N–H and O–H groups in total. The van der Waals surface area contributed by atoms with Crippen molar-refractivity contribution in [2.45, 2.75) is 6.54 Å². The van der Waals surface area contributed by atoms with E-state index in [1.165, 1.54) is 6.07 Å². The van der Waals surface area contributed by atoms with E-state index in [0.717, 1.165) is 5.56 Å². The fourth-order valence-corrected chi connectivity index (χ4v) is 1.44. The zero-order valence-electron chi connectivity index (χ0n) is 9.63. The van der Waals surface area contributed by atoms with Gasteiger partial charge < -0.3 is 16.8 Å². The minimum atomic E-state index is -0.596. The molecule has 0 radical (unpaired) electrons. The van der Waals surface area contributed by atoms with Crippen molar-refractivity contribution in [3.8, 4) is 0 Å². The second kappa shape index (κ2) is 5.13. The first-order valence-electron chi connectivity index (χ1n) is 5.37. The van der Waals surface area contributed by atoms with Crippen LogP contribution < -0.4 is 16.8 Å². The standard InChI is InChI=1S/C12H13N5O/c13-9-4-2-1-3-8(9)7-15-11-6-5-10(12(14)18)16-17-11/h1-6H,7,13H2,(H2,14,18)(H,15,17). The van der Waals surface area contributed by atoms with Crippen LogP contribution in [-0.2, 0) is 6.54 Å². The van der Waals surface area contributed by atoms with Crippen LogP contribution in [0.15, 0.2) is 36.4 Å². The van der Waals surface area contributed by atoms with E-state index in [1.54, 1.807) is 6.07 Å². The molecule has 92 valence electrons. The van der Waals surface area contributed by atoms with Crippen LogP contribution in [0.2, 0.25) is 0 Å². The zero-order valence-corrected chi connectivity index (χ0v) is 9.63. The number of nitrogens with zero attached hydrogens (tertiary/aromatic N) is 2. The molecule has 0 aliphatic rings. The largest absolute Gasteiger partial charge is 0.398 e. The summed E-state index contributed by atoms with van der Waals surface area (Å²) in [5.41, 5.74) is 12.7. The first-order valence-corrected chi connectivity index (χ1v) is 5.37. The number of anilines is 2. The number of nitrogens with two attached hydrogens (primary N) is 2. The summed E-state index contributed by atoms with van der Waals surface area (Å²) < 4.78 is 0. The normalized spacial score (nSPS) is 10.0. The average Bonchev–Trinajstić information content (AvgIpc) is 2.38. The van der Waals surface area contributed by atoms with Gasteiger partial charge in [0.15, 0.2) is 5.69 Å². The molecule has 6 heteroatoms. The van der Waals surface area contributed by atoms with Gasteiger partial charge in [0.05, 0.1) is 0 Å². The minimum absolute atomic E-state index is 0.139. The fourth-order valence-electron chi connectivity index (χ4n) is 1.44. The number of hydrogen-bond acceptors (Lipinski definition) is 5. The van der Waals surface area contributed by atoms with Crippen LogP contribution in [0.1, 0.15) is 16.1 Å². The van der Waals surface area contributed by atoms with Crippen molar-refractivity contribution >= 4 is 17.4 Å². The number of rotatable bonds is 4. The molecule has 1 heterocycles. The van der Waals surface area contributed by atoms with Crippen molar-refractivity contribution in [2.24, 2.45) is 5.73 Å². The number of carbonyl (C=O) groups is 1. The maximum Gasteiger partial charge on any atom is 0.269 e. The second-order valence-electron chi connectivity index (χ2n) is 3.72. The van der Waals surface area contributed by atoms with E-state index in [-0.39, 0.29) is 5.69 Å². The Kier molecular flexibility index (Phi) is 3.38. The molecule has 2 aromatic rings. The third kappa shape index (κ3) is 2.73. The topological polar surface area (TPSA) is 107 Å². The van der Waals surface area contributed by atoms with Crippen LogP contribution in [-0.4, -0.2) is 16.1 Å². The molecule has 0 bridgehead atoms. The molecule has 0 atom stereocenters. The molecule has 6 nitrogen and oxygen atoms in total. The lowest BCUT2D eigenvalue weighted by atomic mass is 10.2. The highest BCUT2D eigenvalue weighted by molar-refractivity contribution is 5.90. The van der Waals surface area contributed by atoms with E-state index in [9.17, 15) is 4.79 Å². The Morgan fingerprint density at radius 2 is 1.94 bits per heavy atom. The van der Waals surface area contributed by atoms with Gasteiger partial charge in [-0.3, -0.25) is 4.79 Å². The number of benzene rings is 1. The number of nitrogens with one attached hydrogen (secondary N) is 1. The number of aromatic nitrogens is 2. The zero-order chi connectivity index (χ0) is 13.0. The number of nitrogen functional groups attached to an aromatic ring is 1. The quantitative estimate of drug-likeness (QED) is 0.687. The van der Waals surface area contributed by atoms with E-state index < -0.39 is 5.91 Å². The van der Waals surface area contributed by atoms with Gasteiger partial charge in [-0.25, -0.2) is 0 Å². The van der Waals surface area contributed by atoms with Crippen molar-refractivity contribution in [3.63, 3.8) is 0 Å². The maximum absolute atomic E-state index is 10.8. The molecule has 0 saturated heterocycles. The van der Waals surface area contributed by atoms with Crippen LogP contribution in [0.5, 0.6) is 0 Å². The van der Waals surface area contributed by atoms with Gasteiger partial charge in [-0.15, -0.1) is 10.2 Å². The predicted molar refractivity (Wildman–Crippen MR) is 68.7 cm³/mol. The number of primary amides is 1. The van der Waals surface area contributed by atoms with Gasteiger partial charge in [-0.2, -0.15) is 0 Å². The Labute approximate surface area is 104 Å². The van der Waals surface area contributed by atoms with Crippen molar-refractivity contribution in [1.29, 1.82) is 0 Å². The Morgan fingerprint density at radius 1 is 1.17 bits per heavy atom. The van der Waals surface area contributed by atoms with Gasteiger partial charge in [0.25, 0.3) is 5.91 Å².